The Labute approximate surface area is 267 Å². The minimum Gasteiger partial charge on any atom is -0.482 e. The SMILES string of the molecule is CCc1c(N2CCN(C(=O)c3c(OC)[nH]cc(C)c3=O)CC2)c(=O)c2nc(N(C)C)cnc2n1CC(=O)NC12CC(C(F)(F)F)(C1)C2. The minimum absolute atomic E-state index is 0.0484. The van der Waals surface area contributed by atoms with Gasteiger partial charge in [-0.2, -0.15) is 13.2 Å². The maximum atomic E-state index is 14.1. The highest BCUT2D eigenvalue weighted by Gasteiger charge is 2.78. The van der Waals surface area contributed by atoms with Gasteiger partial charge in [0.2, 0.25) is 22.6 Å². The van der Waals surface area contributed by atoms with Crippen LogP contribution in [0, 0.1) is 12.3 Å². The molecule has 0 aromatic carbocycles. The molecule has 47 heavy (non-hydrogen) atoms. The van der Waals surface area contributed by atoms with Crippen molar-refractivity contribution in [2.75, 3.05) is 57.2 Å². The van der Waals surface area contributed by atoms with Gasteiger partial charge in [-0.25, -0.2) is 9.97 Å². The van der Waals surface area contributed by atoms with E-state index in [1.807, 2.05) is 11.8 Å². The van der Waals surface area contributed by atoms with Gasteiger partial charge in [0.15, 0.2) is 11.2 Å². The summed E-state index contributed by atoms with van der Waals surface area (Å²) in [6, 6.07) is 0. The second-order valence-electron chi connectivity index (χ2n) is 13.0. The van der Waals surface area contributed by atoms with E-state index < -0.39 is 34.4 Å². The zero-order valence-electron chi connectivity index (χ0n) is 26.9. The van der Waals surface area contributed by atoms with E-state index >= 15 is 0 Å². The predicted molar refractivity (Wildman–Crippen MR) is 167 cm³/mol. The van der Waals surface area contributed by atoms with Crippen molar-refractivity contribution in [3.8, 4) is 5.88 Å². The standard InChI is InChI=1S/C31H37F3N8O5/c1-6-18-23(40-7-9-41(10-8-40)28(46)21-24(44)17(2)11-36-27(21)47-5)25(45)22-26(35-12-19(37-22)39(3)4)42(18)13-20(43)38-30-14-29(15-30,16-30)31(32,33)34/h11-12H,6-10,13-16H2,1-5H3,(H,36,44)(H,38,43). The lowest BCUT2D eigenvalue weighted by Gasteiger charge is -2.70. The summed E-state index contributed by atoms with van der Waals surface area (Å²) >= 11 is 0. The molecule has 3 saturated carbocycles. The maximum absolute atomic E-state index is 14.1. The highest BCUT2D eigenvalue weighted by Crippen LogP contribution is 2.73. The third kappa shape index (κ3) is 5.17. The fraction of sp³-hybridized carbons (Fsp3) is 0.548. The van der Waals surface area contributed by atoms with E-state index in [1.165, 1.54) is 24.4 Å². The molecular formula is C31H37F3N8O5. The number of H-pyrrole nitrogens is 1. The highest BCUT2D eigenvalue weighted by atomic mass is 19.4. The number of ether oxygens (including phenoxy) is 1. The molecule has 2 N–H and O–H groups in total. The van der Waals surface area contributed by atoms with E-state index in [0.29, 0.717) is 29.2 Å². The molecule has 0 radical (unpaired) electrons. The molecule has 4 fully saturated rings. The maximum Gasteiger partial charge on any atom is 0.394 e. The number of nitrogens with zero attached hydrogens (tertiary/aromatic N) is 6. The fourth-order valence-corrected chi connectivity index (χ4v) is 7.25. The van der Waals surface area contributed by atoms with Gasteiger partial charge in [-0.1, -0.05) is 6.92 Å². The second-order valence-corrected chi connectivity index (χ2v) is 13.0. The molecule has 2 bridgehead atoms. The van der Waals surface area contributed by atoms with Crippen LogP contribution in [0.2, 0.25) is 0 Å². The van der Waals surface area contributed by atoms with Crippen LogP contribution in [0.1, 0.15) is 47.8 Å². The summed E-state index contributed by atoms with van der Waals surface area (Å²) in [4.78, 5) is 70.8. The van der Waals surface area contributed by atoms with Crippen LogP contribution < -0.4 is 30.7 Å². The van der Waals surface area contributed by atoms with Crippen molar-refractivity contribution in [3.05, 3.63) is 49.7 Å². The number of aromatic nitrogens is 4. The van der Waals surface area contributed by atoms with Crippen LogP contribution in [0.5, 0.6) is 5.88 Å². The van der Waals surface area contributed by atoms with Crippen LogP contribution in [0.15, 0.2) is 22.0 Å². The number of pyridine rings is 2. The molecule has 13 nitrogen and oxygen atoms in total. The molecule has 1 saturated heterocycles. The van der Waals surface area contributed by atoms with Crippen LogP contribution in [0.25, 0.3) is 11.2 Å². The number of rotatable bonds is 8. The Hall–Kier alpha value is -4.63. The number of methoxy groups -OCH3 is 1. The lowest BCUT2D eigenvalue weighted by molar-refractivity contribution is -0.337. The van der Waals surface area contributed by atoms with Crippen molar-refractivity contribution in [1.29, 1.82) is 0 Å². The molecule has 4 aliphatic rings. The van der Waals surface area contributed by atoms with Crippen LogP contribution in [-0.2, 0) is 17.8 Å². The quantitative estimate of drug-likeness (QED) is 0.371. The van der Waals surface area contributed by atoms with Gasteiger partial charge in [0, 0.05) is 63.3 Å². The van der Waals surface area contributed by atoms with Gasteiger partial charge >= 0.3 is 6.18 Å². The first-order valence-corrected chi connectivity index (χ1v) is 15.4. The first kappa shape index (κ1) is 32.3. The number of halogens is 3. The van der Waals surface area contributed by atoms with Crippen LogP contribution in [0.3, 0.4) is 0 Å². The average molecular weight is 659 g/mol. The third-order valence-electron chi connectivity index (χ3n) is 9.69. The Balaban J connectivity index is 1.31. The van der Waals surface area contributed by atoms with Gasteiger partial charge in [0.1, 0.15) is 23.6 Å². The molecule has 252 valence electrons. The van der Waals surface area contributed by atoms with E-state index in [9.17, 15) is 32.3 Å². The van der Waals surface area contributed by atoms with Crippen molar-refractivity contribution in [3.63, 3.8) is 0 Å². The summed E-state index contributed by atoms with van der Waals surface area (Å²) in [6.45, 7) is 4.07. The number of aryl methyl sites for hydroxylation is 1. The molecule has 3 aliphatic carbocycles. The van der Waals surface area contributed by atoms with Gasteiger partial charge in [-0.15, -0.1) is 0 Å². The molecule has 0 atom stereocenters. The van der Waals surface area contributed by atoms with Gasteiger partial charge in [-0.3, -0.25) is 19.2 Å². The smallest absolute Gasteiger partial charge is 0.394 e. The summed E-state index contributed by atoms with van der Waals surface area (Å²) < 4.78 is 47.1. The fourth-order valence-electron chi connectivity index (χ4n) is 7.25. The summed E-state index contributed by atoms with van der Waals surface area (Å²) in [6.07, 6.45) is -1.40. The Bertz CT molecular complexity index is 1880. The highest BCUT2D eigenvalue weighted by molar-refractivity contribution is 5.96. The van der Waals surface area contributed by atoms with E-state index in [-0.39, 0.29) is 80.0 Å². The van der Waals surface area contributed by atoms with Crippen molar-refractivity contribution in [1.82, 2.24) is 29.7 Å². The molecule has 16 heteroatoms. The number of alkyl halides is 3. The molecule has 4 heterocycles. The molecule has 3 aromatic heterocycles. The Kier molecular flexibility index (Phi) is 7.74. The summed E-state index contributed by atoms with van der Waals surface area (Å²) in [7, 11) is 4.88. The van der Waals surface area contributed by atoms with Crippen LogP contribution in [0.4, 0.5) is 24.7 Å². The zero-order chi connectivity index (χ0) is 34.1. The zero-order valence-corrected chi connectivity index (χ0v) is 26.9. The number of carbonyl (C=O) groups is 2. The monoisotopic (exact) mass is 658 g/mol. The normalized spacial score (nSPS) is 22.0. The number of nitrogens with one attached hydrogen (secondary N) is 2. The Morgan fingerprint density at radius 2 is 1.77 bits per heavy atom. The summed E-state index contributed by atoms with van der Waals surface area (Å²) in [5, 5.41) is 2.82. The molecule has 1 aliphatic heterocycles. The number of fused-ring (bicyclic) bond motifs is 1. The predicted octanol–water partition coefficient (Wildman–Crippen LogP) is 1.99. The first-order chi connectivity index (χ1) is 22.1. The molecule has 0 unspecified atom stereocenters. The lowest BCUT2D eigenvalue weighted by Crippen LogP contribution is -2.78. The number of aromatic amines is 1. The van der Waals surface area contributed by atoms with E-state index in [2.05, 4.69) is 20.3 Å². The van der Waals surface area contributed by atoms with E-state index in [0.717, 1.165) is 0 Å². The molecular weight excluding hydrogens is 621 g/mol. The number of hydrogen-bond donors (Lipinski definition) is 2. The van der Waals surface area contributed by atoms with Crippen molar-refractivity contribution < 1.29 is 27.5 Å². The van der Waals surface area contributed by atoms with Crippen molar-refractivity contribution in [2.45, 2.75) is 57.8 Å². The lowest BCUT2D eigenvalue weighted by atomic mass is 9.39. The second kappa shape index (κ2) is 11.3. The molecule has 0 spiro atoms. The van der Waals surface area contributed by atoms with Crippen LogP contribution >= 0.6 is 0 Å². The summed E-state index contributed by atoms with van der Waals surface area (Å²) in [5.41, 5.74) is -2.03. The topological polar surface area (TPSA) is 146 Å². The van der Waals surface area contributed by atoms with Gasteiger partial charge in [-0.05, 0) is 32.6 Å². The summed E-state index contributed by atoms with van der Waals surface area (Å²) in [5.74, 6) is -0.464. The Morgan fingerprint density at radius 1 is 1.11 bits per heavy atom. The average Bonchev–Trinajstić information content (AvgIpc) is 2.99. The number of carbonyl (C=O) groups excluding carboxylic acids is 2. The number of amides is 2. The largest absolute Gasteiger partial charge is 0.482 e. The third-order valence-corrected chi connectivity index (χ3v) is 9.69. The molecule has 2 amide bonds. The van der Waals surface area contributed by atoms with Crippen molar-refractivity contribution >= 4 is 34.5 Å². The number of piperazine rings is 1. The first-order valence-electron chi connectivity index (χ1n) is 15.4. The number of anilines is 2. The van der Waals surface area contributed by atoms with Gasteiger partial charge in [0.05, 0.1) is 18.7 Å². The van der Waals surface area contributed by atoms with Crippen LogP contribution in [-0.4, -0.2) is 95.3 Å². The number of hydrogen-bond acceptors (Lipinski definition) is 9. The van der Waals surface area contributed by atoms with E-state index in [1.54, 1.807) is 30.5 Å². The Morgan fingerprint density at radius 3 is 2.34 bits per heavy atom. The van der Waals surface area contributed by atoms with E-state index in [4.69, 9.17) is 4.74 Å². The molecule has 3 aromatic rings. The molecule has 7 rings (SSSR count). The minimum atomic E-state index is -4.30. The van der Waals surface area contributed by atoms with Gasteiger partial charge in [0.25, 0.3) is 5.91 Å². The van der Waals surface area contributed by atoms with Crippen molar-refractivity contribution in [2.24, 2.45) is 5.41 Å². The van der Waals surface area contributed by atoms with Gasteiger partial charge < -0.3 is 34.3 Å².